The first-order valence-electron chi connectivity index (χ1n) is 10.8. The van der Waals surface area contributed by atoms with Gasteiger partial charge in [0.1, 0.15) is 11.5 Å². The van der Waals surface area contributed by atoms with Gasteiger partial charge >= 0.3 is 0 Å². The van der Waals surface area contributed by atoms with E-state index in [0.29, 0.717) is 0 Å². The van der Waals surface area contributed by atoms with Crippen LogP contribution in [0.3, 0.4) is 0 Å². The van der Waals surface area contributed by atoms with Gasteiger partial charge in [0.25, 0.3) is 0 Å². The predicted molar refractivity (Wildman–Crippen MR) is 139 cm³/mol. The second kappa shape index (κ2) is 10.9. The van der Waals surface area contributed by atoms with Crippen molar-refractivity contribution in [1.29, 1.82) is 0 Å². The maximum atomic E-state index is 5.39. The van der Waals surface area contributed by atoms with Crippen LogP contribution in [0.1, 0.15) is 23.2 Å². The molecule has 4 aromatic rings. The molecule has 4 nitrogen and oxygen atoms in total. The molecule has 0 aromatic heterocycles. The highest BCUT2D eigenvalue weighted by atomic mass is 79.9. The van der Waals surface area contributed by atoms with Crippen molar-refractivity contribution >= 4 is 27.3 Å². The fourth-order valence-corrected chi connectivity index (χ4v) is 4.05. The van der Waals surface area contributed by atoms with Gasteiger partial charge in [0.15, 0.2) is 0 Å². The van der Waals surface area contributed by atoms with Crippen LogP contribution in [0.4, 0.5) is 11.4 Å². The van der Waals surface area contributed by atoms with Gasteiger partial charge in [0.05, 0.1) is 26.3 Å². The molecule has 168 valence electrons. The Balaban J connectivity index is 1.75. The van der Waals surface area contributed by atoms with Gasteiger partial charge in [-0.3, -0.25) is 0 Å². The summed E-state index contributed by atoms with van der Waals surface area (Å²) >= 11 is 3.53. The minimum Gasteiger partial charge on any atom is -0.497 e. The van der Waals surface area contributed by atoms with E-state index in [1.807, 2.05) is 54.6 Å². The second-order valence-corrected chi connectivity index (χ2v) is 8.58. The lowest BCUT2D eigenvalue weighted by atomic mass is 9.92. The van der Waals surface area contributed by atoms with E-state index >= 15 is 0 Å². The Morgan fingerprint density at radius 2 is 0.970 bits per heavy atom. The highest BCUT2D eigenvalue weighted by Gasteiger charge is 2.25. The Labute approximate surface area is 203 Å². The standard InChI is InChI=1S/C28H27BrN2O2/c1-32-25-16-8-21(9-17-25)28(31-24-14-18-26(33-2)19-15-24)27(20-6-4-3-5-7-20)30-23-12-10-22(29)11-13-23/h3-19,27-28,30-31H,1-2H3/t27-,28-/m0/s1. The number of hydrogen-bond acceptors (Lipinski definition) is 4. The zero-order chi connectivity index (χ0) is 23.0. The van der Waals surface area contributed by atoms with Crippen molar-refractivity contribution in [3.05, 3.63) is 119 Å². The van der Waals surface area contributed by atoms with Gasteiger partial charge in [-0.2, -0.15) is 0 Å². The summed E-state index contributed by atoms with van der Waals surface area (Å²) in [5.74, 6) is 1.66. The monoisotopic (exact) mass is 502 g/mol. The van der Waals surface area contributed by atoms with Crippen LogP contribution in [0.5, 0.6) is 11.5 Å². The van der Waals surface area contributed by atoms with Gasteiger partial charge in [-0.1, -0.05) is 58.4 Å². The molecule has 0 fully saturated rings. The SMILES string of the molecule is COc1ccc(N[C@@H](c2ccc(OC)cc2)[C@@H](Nc2ccc(Br)cc2)c2ccccc2)cc1. The molecule has 0 aliphatic carbocycles. The van der Waals surface area contributed by atoms with E-state index in [9.17, 15) is 0 Å². The molecule has 0 amide bonds. The average molecular weight is 503 g/mol. The van der Waals surface area contributed by atoms with E-state index in [4.69, 9.17) is 9.47 Å². The summed E-state index contributed by atoms with van der Waals surface area (Å²) in [4.78, 5) is 0. The molecule has 0 unspecified atom stereocenters. The van der Waals surface area contributed by atoms with Crippen LogP contribution in [0.25, 0.3) is 0 Å². The zero-order valence-corrected chi connectivity index (χ0v) is 20.3. The third kappa shape index (κ3) is 5.88. The summed E-state index contributed by atoms with van der Waals surface area (Å²) in [5, 5.41) is 7.50. The normalized spacial score (nSPS) is 12.5. The number of methoxy groups -OCH3 is 2. The van der Waals surface area contributed by atoms with Crippen molar-refractivity contribution in [2.45, 2.75) is 12.1 Å². The van der Waals surface area contributed by atoms with E-state index in [0.717, 1.165) is 32.9 Å². The van der Waals surface area contributed by atoms with E-state index in [-0.39, 0.29) is 12.1 Å². The van der Waals surface area contributed by atoms with Crippen molar-refractivity contribution in [2.24, 2.45) is 0 Å². The molecule has 2 atom stereocenters. The Bertz CT molecular complexity index is 1130. The maximum Gasteiger partial charge on any atom is 0.119 e. The van der Waals surface area contributed by atoms with Gasteiger partial charge in [-0.25, -0.2) is 0 Å². The molecule has 0 bridgehead atoms. The van der Waals surface area contributed by atoms with Crippen LogP contribution in [0.15, 0.2) is 108 Å². The van der Waals surface area contributed by atoms with Crippen molar-refractivity contribution in [2.75, 3.05) is 24.9 Å². The Kier molecular flexibility index (Phi) is 7.53. The first kappa shape index (κ1) is 22.7. The topological polar surface area (TPSA) is 42.5 Å². The van der Waals surface area contributed by atoms with Crippen LogP contribution in [-0.2, 0) is 0 Å². The molecule has 0 aliphatic heterocycles. The van der Waals surface area contributed by atoms with Crippen molar-refractivity contribution in [3.63, 3.8) is 0 Å². The van der Waals surface area contributed by atoms with Crippen LogP contribution in [0, 0.1) is 0 Å². The summed E-state index contributed by atoms with van der Waals surface area (Å²) in [7, 11) is 3.36. The molecule has 0 spiro atoms. The van der Waals surface area contributed by atoms with Crippen molar-refractivity contribution in [3.8, 4) is 11.5 Å². The summed E-state index contributed by atoms with van der Waals surface area (Å²) < 4.78 is 11.8. The number of ether oxygens (including phenoxy) is 2. The van der Waals surface area contributed by atoms with Gasteiger partial charge in [-0.05, 0) is 71.8 Å². The zero-order valence-electron chi connectivity index (χ0n) is 18.7. The van der Waals surface area contributed by atoms with Gasteiger partial charge < -0.3 is 20.1 Å². The van der Waals surface area contributed by atoms with E-state index in [2.05, 4.69) is 75.1 Å². The second-order valence-electron chi connectivity index (χ2n) is 7.66. The van der Waals surface area contributed by atoms with Crippen molar-refractivity contribution < 1.29 is 9.47 Å². The molecule has 0 saturated carbocycles. The molecule has 4 rings (SSSR count). The minimum absolute atomic E-state index is 0.0390. The third-order valence-electron chi connectivity index (χ3n) is 5.55. The Morgan fingerprint density at radius 1 is 0.545 bits per heavy atom. The molecule has 0 aliphatic rings. The fraction of sp³-hybridized carbons (Fsp3) is 0.143. The average Bonchev–Trinajstić information content (AvgIpc) is 2.88. The van der Waals surface area contributed by atoms with Crippen LogP contribution >= 0.6 is 15.9 Å². The van der Waals surface area contributed by atoms with Crippen LogP contribution < -0.4 is 20.1 Å². The van der Waals surface area contributed by atoms with Gasteiger partial charge in [-0.15, -0.1) is 0 Å². The number of nitrogens with one attached hydrogen (secondary N) is 2. The number of benzene rings is 4. The van der Waals surface area contributed by atoms with Crippen LogP contribution in [-0.4, -0.2) is 14.2 Å². The third-order valence-corrected chi connectivity index (χ3v) is 6.07. The maximum absolute atomic E-state index is 5.39. The van der Waals surface area contributed by atoms with Crippen LogP contribution in [0.2, 0.25) is 0 Å². The minimum atomic E-state index is -0.0599. The molecule has 4 aromatic carbocycles. The van der Waals surface area contributed by atoms with E-state index in [1.165, 1.54) is 5.56 Å². The van der Waals surface area contributed by atoms with Gasteiger partial charge in [0, 0.05) is 15.8 Å². The van der Waals surface area contributed by atoms with Crippen molar-refractivity contribution in [1.82, 2.24) is 0 Å². The Morgan fingerprint density at radius 3 is 1.45 bits per heavy atom. The number of hydrogen-bond donors (Lipinski definition) is 2. The highest BCUT2D eigenvalue weighted by Crippen LogP contribution is 2.36. The van der Waals surface area contributed by atoms with E-state index in [1.54, 1.807) is 14.2 Å². The molecule has 2 N–H and O–H groups in total. The fourth-order valence-electron chi connectivity index (χ4n) is 3.78. The summed E-state index contributed by atoms with van der Waals surface area (Å²) in [6.45, 7) is 0. The smallest absolute Gasteiger partial charge is 0.119 e. The molecule has 0 radical (unpaired) electrons. The largest absolute Gasteiger partial charge is 0.497 e. The summed E-state index contributed by atoms with van der Waals surface area (Å²) in [6.07, 6.45) is 0. The first-order chi connectivity index (χ1) is 16.2. The number of halogens is 1. The predicted octanol–water partition coefficient (Wildman–Crippen LogP) is 7.47. The molecule has 0 saturated heterocycles. The lowest BCUT2D eigenvalue weighted by molar-refractivity contribution is 0.414. The molecule has 0 heterocycles. The first-order valence-corrected chi connectivity index (χ1v) is 11.6. The lowest BCUT2D eigenvalue weighted by Gasteiger charge is -2.31. The number of rotatable bonds is 9. The van der Waals surface area contributed by atoms with Gasteiger partial charge in [0.2, 0.25) is 0 Å². The summed E-state index contributed by atoms with van der Waals surface area (Å²) in [5.41, 5.74) is 4.38. The summed E-state index contributed by atoms with van der Waals surface area (Å²) in [6, 6.07) is 34.9. The molecule has 5 heteroatoms. The van der Waals surface area contributed by atoms with E-state index < -0.39 is 0 Å². The number of anilines is 2. The quantitative estimate of drug-likeness (QED) is 0.249. The Hall–Kier alpha value is -3.44. The lowest BCUT2D eigenvalue weighted by Crippen LogP contribution is -2.25. The molecule has 33 heavy (non-hydrogen) atoms. The molecular weight excluding hydrogens is 476 g/mol. The molecular formula is C28H27BrN2O2. The highest BCUT2D eigenvalue weighted by molar-refractivity contribution is 9.10.